The summed E-state index contributed by atoms with van der Waals surface area (Å²) in [5, 5.41) is 6.33. The van der Waals surface area contributed by atoms with Gasteiger partial charge in [-0.3, -0.25) is 4.79 Å². The molecule has 1 saturated carbocycles. The number of hydrogen-bond donors (Lipinski definition) is 2. The van der Waals surface area contributed by atoms with Crippen molar-refractivity contribution in [3.05, 3.63) is 23.9 Å². The van der Waals surface area contributed by atoms with Crippen LogP contribution in [0.3, 0.4) is 0 Å². The second-order valence-corrected chi connectivity index (χ2v) is 6.45. The molecule has 3 rings (SSSR count). The Morgan fingerprint density at radius 1 is 1.52 bits per heavy atom. The van der Waals surface area contributed by atoms with Crippen LogP contribution in [0.2, 0.25) is 0 Å². The summed E-state index contributed by atoms with van der Waals surface area (Å²) in [4.78, 5) is 18.9. The van der Waals surface area contributed by atoms with Crippen LogP contribution < -0.4 is 15.5 Å². The molecule has 2 heterocycles. The number of aromatic nitrogens is 1. The van der Waals surface area contributed by atoms with Crippen molar-refractivity contribution in [2.45, 2.75) is 38.8 Å². The molecule has 5 heteroatoms. The number of carbonyl (C=O) groups excluding carboxylic acids is 1. The topological polar surface area (TPSA) is 57.3 Å². The molecule has 0 aromatic carbocycles. The Morgan fingerprint density at radius 3 is 3.05 bits per heavy atom. The number of rotatable bonds is 5. The van der Waals surface area contributed by atoms with Crippen LogP contribution in [0.5, 0.6) is 0 Å². The maximum atomic E-state index is 12.1. The van der Waals surface area contributed by atoms with E-state index in [-0.39, 0.29) is 11.3 Å². The van der Waals surface area contributed by atoms with Crippen LogP contribution in [-0.4, -0.2) is 37.1 Å². The van der Waals surface area contributed by atoms with E-state index < -0.39 is 0 Å². The zero-order valence-electron chi connectivity index (χ0n) is 12.9. The number of amides is 1. The minimum Gasteiger partial charge on any atom is -0.359 e. The van der Waals surface area contributed by atoms with E-state index in [1.807, 2.05) is 19.2 Å². The Hall–Kier alpha value is -1.62. The van der Waals surface area contributed by atoms with Crippen molar-refractivity contribution in [2.24, 2.45) is 5.41 Å². The SMILES string of the molecule is CNC(=O)C1(C)CCN(c2ncccc2CNC2CC2)C1. The third-order valence-corrected chi connectivity index (χ3v) is 4.57. The molecule has 1 aromatic rings. The predicted molar refractivity (Wildman–Crippen MR) is 83.1 cm³/mol. The Bertz CT molecular complexity index is 529. The number of pyridine rings is 1. The van der Waals surface area contributed by atoms with E-state index in [2.05, 4.69) is 26.6 Å². The van der Waals surface area contributed by atoms with Gasteiger partial charge >= 0.3 is 0 Å². The van der Waals surface area contributed by atoms with Crippen molar-refractivity contribution in [2.75, 3.05) is 25.0 Å². The lowest BCUT2D eigenvalue weighted by molar-refractivity contribution is -0.128. The van der Waals surface area contributed by atoms with Gasteiger partial charge in [-0.05, 0) is 32.3 Å². The molecule has 1 unspecified atom stereocenters. The quantitative estimate of drug-likeness (QED) is 0.857. The third kappa shape index (κ3) is 3.02. The summed E-state index contributed by atoms with van der Waals surface area (Å²) in [6.45, 7) is 4.52. The lowest BCUT2D eigenvalue weighted by atomic mass is 9.89. The molecule has 5 nitrogen and oxygen atoms in total. The Balaban J connectivity index is 1.73. The molecular formula is C16H24N4O. The molecule has 0 spiro atoms. The predicted octanol–water partition coefficient (Wildman–Crippen LogP) is 1.30. The first-order chi connectivity index (χ1) is 10.1. The van der Waals surface area contributed by atoms with Crippen LogP contribution >= 0.6 is 0 Å². The fraction of sp³-hybridized carbons (Fsp3) is 0.625. The van der Waals surface area contributed by atoms with Crippen LogP contribution in [0.25, 0.3) is 0 Å². The van der Waals surface area contributed by atoms with E-state index in [0.29, 0.717) is 6.04 Å². The average molecular weight is 288 g/mol. The summed E-state index contributed by atoms with van der Waals surface area (Å²) in [6, 6.07) is 4.81. The number of nitrogens with one attached hydrogen (secondary N) is 2. The first-order valence-corrected chi connectivity index (χ1v) is 7.77. The zero-order chi connectivity index (χ0) is 14.9. The normalized spacial score (nSPS) is 25.1. The smallest absolute Gasteiger partial charge is 0.227 e. The van der Waals surface area contributed by atoms with Crippen LogP contribution in [-0.2, 0) is 11.3 Å². The van der Waals surface area contributed by atoms with E-state index >= 15 is 0 Å². The molecule has 2 N–H and O–H groups in total. The molecule has 0 bridgehead atoms. The van der Waals surface area contributed by atoms with Crippen molar-refractivity contribution in [3.8, 4) is 0 Å². The van der Waals surface area contributed by atoms with Crippen LogP contribution in [0.1, 0.15) is 31.7 Å². The molecule has 1 amide bonds. The summed E-state index contributed by atoms with van der Waals surface area (Å²) >= 11 is 0. The number of hydrogen-bond acceptors (Lipinski definition) is 4. The molecule has 1 aliphatic carbocycles. The van der Waals surface area contributed by atoms with Gasteiger partial charge in [-0.15, -0.1) is 0 Å². The van der Waals surface area contributed by atoms with Crippen molar-refractivity contribution >= 4 is 11.7 Å². The van der Waals surface area contributed by atoms with Crippen LogP contribution in [0.15, 0.2) is 18.3 Å². The van der Waals surface area contributed by atoms with E-state index in [9.17, 15) is 4.79 Å². The van der Waals surface area contributed by atoms with Crippen molar-refractivity contribution in [1.29, 1.82) is 0 Å². The summed E-state index contributed by atoms with van der Waals surface area (Å²) < 4.78 is 0. The maximum absolute atomic E-state index is 12.1. The highest BCUT2D eigenvalue weighted by molar-refractivity contribution is 5.83. The average Bonchev–Trinajstić information content (AvgIpc) is 3.26. The zero-order valence-corrected chi connectivity index (χ0v) is 12.9. The molecule has 114 valence electrons. The van der Waals surface area contributed by atoms with Gasteiger partial charge in [0.15, 0.2) is 0 Å². The van der Waals surface area contributed by atoms with Crippen molar-refractivity contribution < 1.29 is 4.79 Å². The largest absolute Gasteiger partial charge is 0.359 e. The van der Waals surface area contributed by atoms with E-state index in [1.54, 1.807) is 7.05 Å². The molecule has 1 atom stereocenters. The Kier molecular flexibility index (Phi) is 3.85. The molecule has 21 heavy (non-hydrogen) atoms. The first-order valence-electron chi connectivity index (χ1n) is 7.77. The monoisotopic (exact) mass is 288 g/mol. The highest BCUT2D eigenvalue weighted by Gasteiger charge is 2.40. The minimum atomic E-state index is -0.312. The molecule has 2 aliphatic rings. The highest BCUT2D eigenvalue weighted by atomic mass is 16.2. The minimum absolute atomic E-state index is 0.124. The summed E-state index contributed by atoms with van der Waals surface area (Å²) in [5.41, 5.74) is 0.915. The third-order valence-electron chi connectivity index (χ3n) is 4.57. The van der Waals surface area contributed by atoms with Crippen LogP contribution in [0.4, 0.5) is 5.82 Å². The lowest BCUT2D eigenvalue weighted by Crippen LogP contribution is -2.39. The van der Waals surface area contributed by atoms with Gasteiger partial charge < -0.3 is 15.5 Å². The summed E-state index contributed by atoms with van der Waals surface area (Å²) in [5.74, 6) is 1.15. The number of carbonyl (C=O) groups is 1. The van der Waals surface area contributed by atoms with Gasteiger partial charge in [0.1, 0.15) is 5.82 Å². The van der Waals surface area contributed by atoms with Gasteiger partial charge in [-0.1, -0.05) is 6.07 Å². The van der Waals surface area contributed by atoms with Crippen LogP contribution in [0, 0.1) is 5.41 Å². The molecule has 2 fully saturated rings. The van der Waals surface area contributed by atoms with Crippen molar-refractivity contribution in [1.82, 2.24) is 15.6 Å². The highest BCUT2D eigenvalue weighted by Crippen LogP contribution is 2.34. The molecule has 1 saturated heterocycles. The summed E-state index contributed by atoms with van der Waals surface area (Å²) in [6.07, 6.45) is 5.28. The van der Waals surface area contributed by atoms with Gasteiger partial charge in [-0.25, -0.2) is 4.98 Å². The van der Waals surface area contributed by atoms with Gasteiger partial charge in [0.25, 0.3) is 0 Å². The van der Waals surface area contributed by atoms with Crippen molar-refractivity contribution in [3.63, 3.8) is 0 Å². The molecular weight excluding hydrogens is 264 g/mol. The molecule has 0 radical (unpaired) electrons. The maximum Gasteiger partial charge on any atom is 0.227 e. The van der Waals surface area contributed by atoms with E-state index in [1.165, 1.54) is 18.4 Å². The fourth-order valence-electron chi connectivity index (χ4n) is 3.02. The van der Waals surface area contributed by atoms with Gasteiger partial charge in [-0.2, -0.15) is 0 Å². The van der Waals surface area contributed by atoms with Gasteiger partial charge in [0, 0.05) is 44.5 Å². The second-order valence-electron chi connectivity index (χ2n) is 6.45. The van der Waals surface area contributed by atoms with Gasteiger partial charge in [0.2, 0.25) is 5.91 Å². The lowest BCUT2D eigenvalue weighted by Gasteiger charge is -2.24. The molecule has 1 aliphatic heterocycles. The van der Waals surface area contributed by atoms with Gasteiger partial charge in [0.05, 0.1) is 5.41 Å². The molecule has 1 aromatic heterocycles. The Morgan fingerprint density at radius 2 is 2.33 bits per heavy atom. The number of nitrogens with zero attached hydrogens (tertiary/aromatic N) is 2. The van der Waals surface area contributed by atoms with E-state index in [4.69, 9.17) is 0 Å². The van der Waals surface area contributed by atoms with E-state index in [0.717, 1.165) is 31.9 Å². The first kappa shape index (κ1) is 14.3. The Labute approximate surface area is 126 Å². The fourth-order valence-corrected chi connectivity index (χ4v) is 3.02. The summed E-state index contributed by atoms with van der Waals surface area (Å²) in [7, 11) is 1.71. The standard InChI is InChI=1S/C16H24N4O/c1-16(15(21)17-2)7-9-20(11-16)14-12(4-3-8-18-14)10-19-13-5-6-13/h3-4,8,13,19H,5-7,9-11H2,1-2H3,(H,17,21). The number of anilines is 1. The second kappa shape index (κ2) is 5.64.